The Morgan fingerprint density at radius 1 is 1.12 bits per heavy atom. The molecule has 0 aromatic heterocycles. The molecule has 0 aliphatic rings. The molecule has 0 fully saturated rings. The van der Waals surface area contributed by atoms with Crippen molar-refractivity contribution in [2.24, 2.45) is 0 Å². The largest absolute Gasteiger partial charge is 0.320 e. The number of amides is 1. The average molecular weight is 423 g/mol. The first-order valence-corrected chi connectivity index (χ1v) is 9.81. The topological polar surface area (TPSA) is 66.5 Å². The molecular formula is C16H14Cl2F2N2O3S. The quantitative estimate of drug-likeness (QED) is 0.771. The molecule has 0 radical (unpaired) electrons. The summed E-state index contributed by atoms with van der Waals surface area (Å²) in [5, 5.41) is 2.58. The van der Waals surface area contributed by atoms with Gasteiger partial charge in [0.25, 0.3) is 0 Å². The van der Waals surface area contributed by atoms with E-state index in [4.69, 9.17) is 23.2 Å². The van der Waals surface area contributed by atoms with Gasteiger partial charge in [-0.05, 0) is 29.8 Å². The molecule has 26 heavy (non-hydrogen) atoms. The number of para-hydroxylation sites is 1. The van der Waals surface area contributed by atoms with Crippen LogP contribution in [0, 0.1) is 11.6 Å². The van der Waals surface area contributed by atoms with Gasteiger partial charge in [0.2, 0.25) is 15.9 Å². The van der Waals surface area contributed by atoms with Gasteiger partial charge in [0.1, 0.15) is 17.3 Å². The van der Waals surface area contributed by atoms with Crippen LogP contribution in [0.5, 0.6) is 0 Å². The molecule has 10 heteroatoms. The summed E-state index contributed by atoms with van der Waals surface area (Å²) in [6.07, 6.45) is 0.918. The highest BCUT2D eigenvalue weighted by Crippen LogP contribution is 2.24. The predicted molar refractivity (Wildman–Crippen MR) is 96.7 cm³/mol. The number of rotatable bonds is 6. The summed E-state index contributed by atoms with van der Waals surface area (Å²) < 4.78 is 51.9. The highest BCUT2D eigenvalue weighted by atomic mass is 35.5. The molecule has 0 bridgehead atoms. The molecule has 1 N–H and O–H groups in total. The van der Waals surface area contributed by atoms with Crippen LogP contribution in [0.4, 0.5) is 14.5 Å². The first-order chi connectivity index (χ1) is 12.1. The van der Waals surface area contributed by atoms with Crippen LogP contribution in [0.3, 0.4) is 0 Å². The van der Waals surface area contributed by atoms with Gasteiger partial charge in [-0.1, -0.05) is 35.3 Å². The van der Waals surface area contributed by atoms with Crippen molar-refractivity contribution >= 4 is 44.8 Å². The zero-order chi connectivity index (χ0) is 19.5. The minimum Gasteiger partial charge on any atom is -0.320 e. The van der Waals surface area contributed by atoms with Gasteiger partial charge in [0, 0.05) is 6.54 Å². The third kappa shape index (κ3) is 5.38. The fourth-order valence-electron chi connectivity index (χ4n) is 2.09. The van der Waals surface area contributed by atoms with Crippen molar-refractivity contribution in [1.82, 2.24) is 4.31 Å². The summed E-state index contributed by atoms with van der Waals surface area (Å²) in [5.74, 6) is -2.82. The summed E-state index contributed by atoms with van der Waals surface area (Å²) in [7, 11) is -3.78. The van der Waals surface area contributed by atoms with Crippen molar-refractivity contribution in [3.05, 3.63) is 63.6 Å². The van der Waals surface area contributed by atoms with Gasteiger partial charge >= 0.3 is 0 Å². The van der Waals surface area contributed by atoms with Crippen molar-refractivity contribution < 1.29 is 22.0 Å². The van der Waals surface area contributed by atoms with Gasteiger partial charge in [0.05, 0.1) is 22.8 Å². The minimum absolute atomic E-state index is 0.164. The lowest BCUT2D eigenvalue weighted by molar-refractivity contribution is -0.116. The maximum Gasteiger partial charge on any atom is 0.239 e. The van der Waals surface area contributed by atoms with Crippen LogP contribution >= 0.6 is 23.2 Å². The second-order valence-electron chi connectivity index (χ2n) is 5.42. The Kier molecular flexibility index (Phi) is 6.57. The Bertz CT molecular complexity index is 919. The van der Waals surface area contributed by atoms with E-state index < -0.39 is 39.8 Å². The van der Waals surface area contributed by atoms with Crippen LogP contribution in [-0.2, 0) is 21.4 Å². The Hall–Kier alpha value is -1.74. The first-order valence-electron chi connectivity index (χ1n) is 7.21. The molecule has 0 saturated heterocycles. The zero-order valence-corrected chi connectivity index (χ0v) is 15.8. The fourth-order valence-corrected chi connectivity index (χ4v) is 3.14. The van der Waals surface area contributed by atoms with Crippen LogP contribution in [0.15, 0.2) is 36.4 Å². The van der Waals surface area contributed by atoms with E-state index in [2.05, 4.69) is 0 Å². The number of nitrogens with one attached hydrogen (secondary N) is 1. The minimum atomic E-state index is -3.78. The van der Waals surface area contributed by atoms with Crippen LogP contribution in [-0.4, -0.2) is 31.4 Å². The maximum atomic E-state index is 13.6. The molecule has 0 saturated carbocycles. The van der Waals surface area contributed by atoms with Crippen LogP contribution in [0.1, 0.15) is 5.56 Å². The van der Waals surface area contributed by atoms with Gasteiger partial charge in [-0.15, -0.1) is 0 Å². The summed E-state index contributed by atoms with van der Waals surface area (Å²) in [5.41, 5.74) is -0.143. The third-order valence-electron chi connectivity index (χ3n) is 3.36. The van der Waals surface area contributed by atoms with E-state index in [1.54, 1.807) is 6.07 Å². The number of sulfonamides is 1. The summed E-state index contributed by atoms with van der Waals surface area (Å²) in [6, 6.07) is 7.62. The average Bonchev–Trinajstić information content (AvgIpc) is 2.53. The number of hydrogen-bond acceptors (Lipinski definition) is 3. The van der Waals surface area contributed by atoms with E-state index >= 15 is 0 Å². The van der Waals surface area contributed by atoms with E-state index in [0.29, 0.717) is 10.6 Å². The Balaban J connectivity index is 2.17. The number of benzene rings is 2. The molecule has 2 rings (SSSR count). The maximum absolute atomic E-state index is 13.6. The summed E-state index contributed by atoms with van der Waals surface area (Å²) >= 11 is 11.7. The standard InChI is InChI=1S/C16H14Cl2F2N2O3S/c1-26(24,25)22(8-10-5-6-11(17)12(18)7-10)9-15(23)21-16-13(19)3-2-4-14(16)20/h2-7H,8-9H2,1H3,(H,21,23). The lowest BCUT2D eigenvalue weighted by Gasteiger charge is -2.20. The number of hydrogen-bond donors (Lipinski definition) is 1. The Labute approximate surface area is 159 Å². The SMILES string of the molecule is CS(=O)(=O)N(CC(=O)Nc1c(F)cccc1F)Cc1ccc(Cl)c(Cl)c1. The molecule has 140 valence electrons. The van der Waals surface area contributed by atoms with Crippen LogP contribution < -0.4 is 5.32 Å². The molecule has 0 unspecified atom stereocenters. The lowest BCUT2D eigenvalue weighted by Crippen LogP contribution is -2.37. The Morgan fingerprint density at radius 2 is 1.73 bits per heavy atom. The molecule has 0 aliphatic carbocycles. The van der Waals surface area contributed by atoms with Crippen molar-refractivity contribution in [3.8, 4) is 0 Å². The second kappa shape index (κ2) is 8.30. The fraction of sp³-hybridized carbons (Fsp3) is 0.188. The number of halogens is 4. The van der Waals surface area contributed by atoms with Gasteiger partial charge in [-0.25, -0.2) is 17.2 Å². The molecule has 0 aliphatic heterocycles. The molecule has 2 aromatic carbocycles. The Morgan fingerprint density at radius 3 is 2.27 bits per heavy atom. The highest BCUT2D eigenvalue weighted by molar-refractivity contribution is 7.88. The highest BCUT2D eigenvalue weighted by Gasteiger charge is 2.22. The zero-order valence-electron chi connectivity index (χ0n) is 13.5. The van der Waals surface area contributed by atoms with E-state index in [-0.39, 0.29) is 11.6 Å². The molecule has 5 nitrogen and oxygen atoms in total. The number of nitrogens with zero attached hydrogens (tertiary/aromatic N) is 1. The number of carbonyl (C=O) groups is 1. The van der Waals surface area contributed by atoms with Gasteiger partial charge < -0.3 is 5.32 Å². The molecule has 1 amide bonds. The van der Waals surface area contributed by atoms with Gasteiger partial charge in [0.15, 0.2) is 0 Å². The van der Waals surface area contributed by atoms with Gasteiger partial charge in [-0.3, -0.25) is 4.79 Å². The van der Waals surface area contributed by atoms with Crippen molar-refractivity contribution in [2.45, 2.75) is 6.54 Å². The normalized spacial score (nSPS) is 11.6. The summed E-state index contributed by atoms with van der Waals surface area (Å²) in [6.45, 7) is -0.796. The van der Waals surface area contributed by atoms with E-state index in [1.165, 1.54) is 12.1 Å². The van der Waals surface area contributed by atoms with Gasteiger partial charge in [-0.2, -0.15) is 4.31 Å². The predicted octanol–water partition coefficient (Wildman–Crippen LogP) is 3.67. The molecule has 0 heterocycles. The van der Waals surface area contributed by atoms with Crippen molar-refractivity contribution in [2.75, 3.05) is 18.1 Å². The first kappa shape index (κ1) is 20.6. The molecule has 0 atom stereocenters. The lowest BCUT2D eigenvalue weighted by atomic mass is 10.2. The van der Waals surface area contributed by atoms with Crippen molar-refractivity contribution in [1.29, 1.82) is 0 Å². The molecule has 0 spiro atoms. The molecular weight excluding hydrogens is 409 g/mol. The van der Waals surface area contributed by atoms with Crippen LogP contribution in [0.25, 0.3) is 0 Å². The van der Waals surface area contributed by atoms with E-state index in [9.17, 15) is 22.0 Å². The van der Waals surface area contributed by atoms with Crippen molar-refractivity contribution in [3.63, 3.8) is 0 Å². The molecule has 2 aromatic rings. The third-order valence-corrected chi connectivity index (χ3v) is 5.29. The van der Waals surface area contributed by atoms with E-state index in [1.807, 2.05) is 5.32 Å². The van der Waals surface area contributed by atoms with E-state index in [0.717, 1.165) is 28.8 Å². The summed E-state index contributed by atoms with van der Waals surface area (Å²) in [4.78, 5) is 12.1. The smallest absolute Gasteiger partial charge is 0.239 e. The number of carbonyl (C=O) groups excluding carboxylic acids is 1. The second-order valence-corrected chi connectivity index (χ2v) is 8.22. The number of anilines is 1. The van der Waals surface area contributed by atoms with Crippen LogP contribution in [0.2, 0.25) is 10.0 Å². The monoisotopic (exact) mass is 422 g/mol.